The number of likely N-dealkylation sites (tertiary alicyclic amines) is 1. The number of hydrogen-bond acceptors (Lipinski definition) is 3. The van der Waals surface area contributed by atoms with Crippen LogP contribution in [0.15, 0.2) is 18.2 Å². The number of amides is 1. The highest BCUT2D eigenvalue weighted by atomic mass is 16.5. The SMILES string of the molecule is Cc1ccc(OCCC(=O)N2CCC[C@@H]2CO)cc1C. The van der Waals surface area contributed by atoms with Gasteiger partial charge in [-0.1, -0.05) is 6.07 Å². The first kappa shape index (κ1) is 14.9. The van der Waals surface area contributed by atoms with Crippen molar-refractivity contribution in [2.45, 2.75) is 39.2 Å². The molecule has 1 saturated heterocycles. The number of benzene rings is 1. The Morgan fingerprint density at radius 3 is 2.90 bits per heavy atom. The predicted octanol–water partition coefficient (Wildman–Crippen LogP) is 2.06. The first-order valence-corrected chi connectivity index (χ1v) is 7.22. The van der Waals surface area contributed by atoms with Crippen LogP contribution in [0.25, 0.3) is 0 Å². The summed E-state index contributed by atoms with van der Waals surface area (Å²) in [4.78, 5) is 13.8. The van der Waals surface area contributed by atoms with Crippen LogP contribution >= 0.6 is 0 Å². The van der Waals surface area contributed by atoms with E-state index in [1.807, 2.05) is 25.1 Å². The van der Waals surface area contributed by atoms with E-state index in [1.165, 1.54) is 11.1 Å². The van der Waals surface area contributed by atoms with Crippen molar-refractivity contribution in [2.75, 3.05) is 19.8 Å². The number of nitrogens with zero attached hydrogens (tertiary/aromatic N) is 1. The summed E-state index contributed by atoms with van der Waals surface area (Å²) in [5.41, 5.74) is 2.42. The number of carbonyl (C=O) groups is 1. The molecule has 1 aromatic rings. The number of ether oxygens (including phenoxy) is 1. The summed E-state index contributed by atoms with van der Waals surface area (Å²) in [5.74, 6) is 0.881. The normalized spacial score (nSPS) is 18.4. The molecule has 1 atom stereocenters. The third-order valence-electron chi connectivity index (χ3n) is 3.97. The fourth-order valence-electron chi connectivity index (χ4n) is 2.56. The predicted molar refractivity (Wildman–Crippen MR) is 77.8 cm³/mol. The molecule has 1 aromatic carbocycles. The molecule has 20 heavy (non-hydrogen) atoms. The van der Waals surface area contributed by atoms with Gasteiger partial charge in [-0.3, -0.25) is 4.79 Å². The number of carbonyl (C=O) groups excluding carboxylic acids is 1. The fraction of sp³-hybridized carbons (Fsp3) is 0.562. The summed E-state index contributed by atoms with van der Waals surface area (Å²) in [7, 11) is 0. The molecule has 1 heterocycles. The van der Waals surface area contributed by atoms with E-state index >= 15 is 0 Å². The maximum atomic E-state index is 12.1. The van der Waals surface area contributed by atoms with E-state index in [0.717, 1.165) is 25.1 Å². The lowest BCUT2D eigenvalue weighted by Gasteiger charge is -2.23. The van der Waals surface area contributed by atoms with Gasteiger partial charge in [0.2, 0.25) is 5.91 Å². The van der Waals surface area contributed by atoms with E-state index < -0.39 is 0 Å². The molecule has 1 amide bonds. The lowest BCUT2D eigenvalue weighted by molar-refractivity contribution is -0.133. The molecule has 4 nitrogen and oxygen atoms in total. The number of aliphatic hydroxyl groups is 1. The molecule has 0 unspecified atom stereocenters. The Kier molecular flexibility index (Phi) is 5.01. The Labute approximate surface area is 120 Å². The first-order chi connectivity index (χ1) is 9.61. The smallest absolute Gasteiger partial charge is 0.226 e. The third kappa shape index (κ3) is 3.51. The zero-order chi connectivity index (χ0) is 14.5. The molecule has 0 aromatic heterocycles. The van der Waals surface area contributed by atoms with Gasteiger partial charge >= 0.3 is 0 Å². The van der Waals surface area contributed by atoms with Crippen LogP contribution in [0.4, 0.5) is 0 Å². The van der Waals surface area contributed by atoms with Crippen molar-refractivity contribution in [3.8, 4) is 5.75 Å². The van der Waals surface area contributed by atoms with Crippen molar-refractivity contribution in [3.63, 3.8) is 0 Å². The zero-order valence-electron chi connectivity index (χ0n) is 12.3. The van der Waals surface area contributed by atoms with Crippen LogP contribution in [0.2, 0.25) is 0 Å². The molecule has 0 bridgehead atoms. The summed E-state index contributed by atoms with van der Waals surface area (Å²) in [6.07, 6.45) is 2.25. The largest absolute Gasteiger partial charge is 0.493 e. The van der Waals surface area contributed by atoms with Crippen molar-refractivity contribution >= 4 is 5.91 Å². The zero-order valence-corrected chi connectivity index (χ0v) is 12.3. The minimum absolute atomic E-state index is 0.00381. The van der Waals surface area contributed by atoms with Crippen LogP contribution in [0.3, 0.4) is 0 Å². The van der Waals surface area contributed by atoms with Gasteiger partial charge in [0.25, 0.3) is 0 Å². The van der Waals surface area contributed by atoms with E-state index in [-0.39, 0.29) is 18.6 Å². The van der Waals surface area contributed by atoms with Gasteiger partial charge in [-0.15, -0.1) is 0 Å². The fourth-order valence-corrected chi connectivity index (χ4v) is 2.56. The number of aryl methyl sites for hydroxylation is 2. The Morgan fingerprint density at radius 2 is 2.20 bits per heavy atom. The van der Waals surface area contributed by atoms with Crippen LogP contribution in [0, 0.1) is 13.8 Å². The molecular weight excluding hydrogens is 254 g/mol. The van der Waals surface area contributed by atoms with Crippen LogP contribution in [-0.2, 0) is 4.79 Å². The van der Waals surface area contributed by atoms with Gasteiger partial charge in [0.05, 0.1) is 25.7 Å². The molecule has 0 radical (unpaired) electrons. The van der Waals surface area contributed by atoms with Crippen molar-refractivity contribution < 1.29 is 14.6 Å². The van der Waals surface area contributed by atoms with Crippen molar-refractivity contribution in [2.24, 2.45) is 0 Å². The Hall–Kier alpha value is -1.55. The topological polar surface area (TPSA) is 49.8 Å². The second-order valence-corrected chi connectivity index (χ2v) is 5.41. The summed E-state index contributed by atoms with van der Waals surface area (Å²) >= 11 is 0. The average Bonchev–Trinajstić information content (AvgIpc) is 2.91. The highest BCUT2D eigenvalue weighted by molar-refractivity contribution is 5.77. The molecule has 1 N–H and O–H groups in total. The molecule has 1 aliphatic rings. The third-order valence-corrected chi connectivity index (χ3v) is 3.97. The van der Waals surface area contributed by atoms with Crippen molar-refractivity contribution in [1.82, 2.24) is 4.90 Å². The second-order valence-electron chi connectivity index (χ2n) is 5.41. The van der Waals surface area contributed by atoms with Gasteiger partial charge in [0, 0.05) is 6.54 Å². The minimum atomic E-state index is 0.00381. The van der Waals surface area contributed by atoms with E-state index in [2.05, 4.69) is 6.92 Å². The molecule has 4 heteroatoms. The summed E-state index contributed by atoms with van der Waals surface area (Å²) < 4.78 is 5.63. The Morgan fingerprint density at radius 1 is 1.40 bits per heavy atom. The van der Waals surface area contributed by atoms with Crippen LogP contribution < -0.4 is 4.74 Å². The van der Waals surface area contributed by atoms with Gasteiger partial charge in [-0.05, 0) is 49.9 Å². The average molecular weight is 277 g/mol. The summed E-state index contributed by atoms with van der Waals surface area (Å²) in [6.45, 7) is 5.31. The van der Waals surface area contributed by atoms with Gasteiger partial charge < -0.3 is 14.7 Å². The van der Waals surface area contributed by atoms with Crippen molar-refractivity contribution in [1.29, 1.82) is 0 Å². The number of rotatable bonds is 5. The second kappa shape index (κ2) is 6.75. The molecule has 2 rings (SSSR count). The lowest BCUT2D eigenvalue weighted by atomic mass is 10.1. The molecular formula is C16H23NO3. The Bertz CT molecular complexity index is 473. The number of hydrogen-bond donors (Lipinski definition) is 1. The van der Waals surface area contributed by atoms with Crippen LogP contribution in [0.1, 0.15) is 30.4 Å². The molecule has 110 valence electrons. The maximum absolute atomic E-state index is 12.1. The van der Waals surface area contributed by atoms with E-state index in [1.54, 1.807) is 4.90 Å². The van der Waals surface area contributed by atoms with Crippen molar-refractivity contribution in [3.05, 3.63) is 29.3 Å². The van der Waals surface area contributed by atoms with E-state index in [4.69, 9.17) is 4.74 Å². The van der Waals surface area contributed by atoms with E-state index in [0.29, 0.717) is 13.0 Å². The van der Waals surface area contributed by atoms with Crippen LogP contribution in [0.5, 0.6) is 5.75 Å². The van der Waals surface area contributed by atoms with Gasteiger partial charge in [-0.25, -0.2) is 0 Å². The molecule has 0 spiro atoms. The molecule has 0 saturated carbocycles. The van der Waals surface area contributed by atoms with Gasteiger partial charge in [0.1, 0.15) is 5.75 Å². The first-order valence-electron chi connectivity index (χ1n) is 7.22. The molecule has 0 aliphatic carbocycles. The highest BCUT2D eigenvalue weighted by Crippen LogP contribution is 2.19. The van der Waals surface area contributed by atoms with Gasteiger partial charge in [-0.2, -0.15) is 0 Å². The van der Waals surface area contributed by atoms with Crippen LogP contribution in [-0.4, -0.2) is 41.7 Å². The molecule has 1 aliphatic heterocycles. The number of aliphatic hydroxyl groups excluding tert-OH is 1. The minimum Gasteiger partial charge on any atom is -0.493 e. The maximum Gasteiger partial charge on any atom is 0.226 e. The van der Waals surface area contributed by atoms with Gasteiger partial charge in [0.15, 0.2) is 0 Å². The summed E-state index contributed by atoms with van der Waals surface area (Å²) in [5, 5.41) is 9.22. The monoisotopic (exact) mass is 277 g/mol. The lowest BCUT2D eigenvalue weighted by Crippen LogP contribution is -2.38. The van der Waals surface area contributed by atoms with E-state index in [9.17, 15) is 9.90 Å². The molecule has 1 fully saturated rings. The highest BCUT2D eigenvalue weighted by Gasteiger charge is 2.27. The summed E-state index contributed by atoms with van der Waals surface area (Å²) in [6, 6.07) is 5.95. The Balaban J connectivity index is 1.80. The standard InChI is InChI=1S/C16H23NO3/c1-12-5-6-15(10-13(12)2)20-9-7-16(19)17-8-3-4-14(17)11-18/h5-6,10,14,18H,3-4,7-9,11H2,1-2H3/t14-/m1/s1. The quantitative estimate of drug-likeness (QED) is 0.896.